The van der Waals surface area contributed by atoms with Crippen LogP contribution in [0.1, 0.15) is 12.5 Å². The van der Waals surface area contributed by atoms with Crippen LogP contribution >= 0.6 is 0 Å². The quantitative estimate of drug-likeness (QED) is 0.705. The Bertz CT molecular complexity index is 428. The van der Waals surface area contributed by atoms with E-state index in [9.17, 15) is 4.79 Å². The molecule has 0 aliphatic heterocycles. The number of aliphatic carboxylic acids is 1. The number of hydrogen-bond acceptors (Lipinski definition) is 3. The van der Waals surface area contributed by atoms with E-state index in [4.69, 9.17) is 9.84 Å². The molecule has 0 spiro atoms. The zero-order chi connectivity index (χ0) is 15.0. The van der Waals surface area contributed by atoms with E-state index in [1.807, 2.05) is 36.1 Å². The largest absolute Gasteiger partial charge is 0.492 e. The topological polar surface area (TPSA) is 49.8 Å². The van der Waals surface area contributed by atoms with Crippen LogP contribution < -0.4 is 4.74 Å². The van der Waals surface area contributed by atoms with Crippen molar-refractivity contribution in [2.45, 2.75) is 13.8 Å². The number of hydrogen-bond donors (Lipinski definition) is 1. The van der Waals surface area contributed by atoms with Gasteiger partial charge in [-0.1, -0.05) is 30.7 Å². The van der Waals surface area contributed by atoms with Crippen molar-refractivity contribution in [1.82, 2.24) is 4.90 Å². The van der Waals surface area contributed by atoms with Crippen LogP contribution in [-0.4, -0.2) is 42.2 Å². The average molecular weight is 277 g/mol. The Kier molecular flexibility index (Phi) is 6.81. The lowest BCUT2D eigenvalue weighted by atomic mass is 10.1. The summed E-state index contributed by atoms with van der Waals surface area (Å²) in [6, 6.07) is 7.88. The molecule has 4 heteroatoms. The first kappa shape index (κ1) is 16.2. The Morgan fingerprint density at radius 1 is 1.45 bits per heavy atom. The van der Waals surface area contributed by atoms with Crippen molar-refractivity contribution in [1.29, 1.82) is 0 Å². The predicted octanol–water partition coefficient (Wildman–Crippen LogP) is 2.58. The second-order valence-electron chi connectivity index (χ2n) is 4.95. The second-order valence-corrected chi connectivity index (χ2v) is 4.95. The van der Waals surface area contributed by atoms with Gasteiger partial charge in [0.05, 0.1) is 5.92 Å². The molecule has 20 heavy (non-hydrogen) atoms. The van der Waals surface area contributed by atoms with Crippen LogP contribution in [0.3, 0.4) is 0 Å². The molecule has 1 N–H and O–H groups in total. The molecule has 0 aliphatic rings. The van der Waals surface area contributed by atoms with Gasteiger partial charge in [-0.2, -0.15) is 0 Å². The van der Waals surface area contributed by atoms with E-state index in [1.54, 1.807) is 13.0 Å². The highest BCUT2D eigenvalue weighted by atomic mass is 16.5. The van der Waals surface area contributed by atoms with Crippen molar-refractivity contribution < 1.29 is 14.6 Å². The summed E-state index contributed by atoms with van der Waals surface area (Å²) in [5, 5.41) is 8.94. The van der Waals surface area contributed by atoms with Crippen LogP contribution in [0.5, 0.6) is 5.75 Å². The number of carbonyl (C=O) groups is 1. The van der Waals surface area contributed by atoms with Crippen molar-refractivity contribution in [3.05, 3.63) is 42.5 Å². The van der Waals surface area contributed by atoms with E-state index in [0.717, 1.165) is 5.75 Å². The van der Waals surface area contributed by atoms with Gasteiger partial charge in [0.15, 0.2) is 0 Å². The molecule has 0 bridgehead atoms. The number of rotatable bonds is 9. The molecule has 1 aromatic carbocycles. The highest BCUT2D eigenvalue weighted by Gasteiger charge is 2.15. The van der Waals surface area contributed by atoms with E-state index in [-0.39, 0.29) is 0 Å². The van der Waals surface area contributed by atoms with E-state index >= 15 is 0 Å². The lowest BCUT2D eigenvalue weighted by molar-refractivity contribution is -0.141. The fourth-order valence-corrected chi connectivity index (χ4v) is 1.83. The van der Waals surface area contributed by atoms with Gasteiger partial charge in [0.1, 0.15) is 12.4 Å². The van der Waals surface area contributed by atoms with Crippen molar-refractivity contribution >= 4 is 5.97 Å². The first-order chi connectivity index (χ1) is 9.52. The minimum Gasteiger partial charge on any atom is -0.492 e. The minimum absolute atomic E-state index is 0.394. The van der Waals surface area contributed by atoms with Crippen molar-refractivity contribution in [2.24, 2.45) is 5.92 Å². The van der Waals surface area contributed by atoms with Crippen LogP contribution in [0.4, 0.5) is 0 Å². The lowest BCUT2D eigenvalue weighted by Gasteiger charge is -2.22. The first-order valence-corrected chi connectivity index (χ1v) is 6.78. The molecule has 0 saturated heterocycles. The fraction of sp³-hybridized carbons (Fsp3) is 0.438. The smallest absolute Gasteiger partial charge is 0.307 e. The summed E-state index contributed by atoms with van der Waals surface area (Å²) >= 11 is 0. The molecule has 1 aromatic rings. The zero-order valence-corrected chi connectivity index (χ0v) is 12.2. The second kappa shape index (κ2) is 8.38. The summed E-state index contributed by atoms with van der Waals surface area (Å²) in [4.78, 5) is 12.9. The van der Waals surface area contributed by atoms with E-state index in [1.165, 1.54) is 5.56 Å². The highest BCUT2D eigenvalue weighted by molar-refractivity contribution is 5.69. The van der Waals surface area contributed by atoms with E-state index < -0.39 is 11.9 Å². The lowest BCUT2D eigenvalue weighted by Crippen LogP contribution is -2.35. The Morgan fingerprint density at radius 2 is 2.10 bits per heavy atom. The van der Waals surface area contributed by atoms with Gasteiger partial charge in [-0.3, -0.25) is 9.69 Å². The molecule has 1 rings (SSSR count). The molecule has 0 aromatic heterocycles. The third-order valence-electron chi connectivity index (χ3n) is 3.04. The maximum atomic E-state index is 10.9. The van der Waals surface area contributed by atoms with Crippen LogP contribution in [0.15, 0.2) is 36.9 Å². The molecular formula is C16H23NO3. The molecule has 0 radical (unpaired) electrons. The Balaban J connectivity index is 2.40. The molecule has 0 fully saturated rings. The maximum Gasteiger partial charge on any atom is 0.307 e. The van der Waals surface area contributed by atoms with Gasteiger partial charge in [-0.15, -0.1) is 6.58 Å². The Hall–Kier alpha value is -1.81. The number of nitrogens with zero attached hydrogens (tertiary/aromatic N) is 1. The van der Waals surface area contributed by atoms with Gasteiger partial charge in [-0.25, -0.2) is 0 Å². The molecule has 1 atom stereocenters. The summed E-state index contributed by atoms with van der Waals surface area (Å²) in [5.74, 6) is -0.340. The molecule has 4 nitrogen and oxygen atoms in total. The number of ether oxygens (including phenoxy) is 1. The van der Waals surface area contributed by atoms with E-state index in [2.05, 4.69) is 6.58 Å². The number of carboxylic acids is 1. The molecular weight excluding hydrogens is 254 g/mol. The molecule has 0 saturated carbocycles. The summed E-state index contributed by atoms with van der Waals surface area (Å²) in [7, 11) is 0. The van der Waals surface area contributed by atoms with Gasteiger partial charge < -0.3 is 9.84 Å². The zero-order valence-electron chi connectivity index (χ0n) is 12.2. The van der Waals surface area contributed by atoms with E-state index in [0.29, 0.717) is 26.2 Å². The highest BCUT2D eigenvalue weighted by Crippen LogP contribution is 2.11. The molecule has 0 heterocycles. The summed E-state index contributed by atoms with van der Waals surface area (Å²) in [5.41, 5.74) is 1.20. The predicted molar refractivity (Wildman–Crippen MR) is 80.1 cm³/mol. The monoisotopic (exact) mass is 277 g/mol. The normalized spacial score (nSPS) is 12.2. The van der Waals surface area contributed by atoms with Gasteiger partial charge in [0, 0.05) is 19.6 Å². The molecule has 110 valence electrons. The average Bonchev–Trinajstić information content (AvgIpc) is 2.41. The fourth-order valence-electron chi connectivity index (χ4n) is 1.83. The number of aryl methyl sites for hydroxylation is 1. The number of carboxylic acid groups (broad SMARTS) is 1. The van der Waals surface area contributed by atoms with Crippen LogP contribution in [0.25, 0.3) is 0 Å². The van der Waals surface area contributed by atoms with Crippen LogP contribution in [0, 0.1) is 12.8 Å². The summed E-state index contributed by atoms with van der Waals surface area (Å²) < 4.78 is 5.66. The summed E-state index contributed by atoms with van der Waals surface area (Å²) in [6.45, 7) is 9.81. The van der Waals surface area contributed by atoms with Gasteiger partial charge >= 0.3 is 5.97 Å². The third-order valence-corrected chi connectivity index (χ3v) is 3.04. The maximum absolute atomic E-state index is 10.9. The first-order valence-electron chi connectivity index (χ1n) is 6.78. The molecule has 0 aliphatic carbocycles. The van der Waals surface area contributed by atoms with Gasteiger partial charge in [0.25, 0.3) is 0 Å². The van der Waals surface area contributed by atoms with Crippen molar-refractivity contribution in [3.63, 3.8) is 0 Å². The van der Waals surface area contributed by atoms with Crippen LogP contribution in [-0.2, 0) is 4.79 Å². The molecule has 0 amide bonds. The Morgan fingerprint density at radius 3 is 2.65 bits per heavy atom. The van der Waals surface area contributed by atoms with Gasteiger partial charge in [0.2, 0.25) is 0 Å². The molecule has 1 unspecified atom stereocenters. The summed E-state index contributed by atoms with van der Waals surface area (Å²) in [6.07, 6.45) is 1.78. The Labute approximate surface area is 120 Å². The minimum atomic E-state index is -0.779. The van der Waals surface area contributed by atoms with Crippen LogP contribution in [0.2, 0.25) is 0 Å². The standard InChI is InChI=1S/C16H23NO3/c1-4-9-17(12-14(3)16(18)19)10-11-20-15-7-5-13(2)6-8-15/h4-8,14H,1,9-12H2,2-3H3,(H,18,19). The number of benzene rings is 1. The SMILES string of the molecule is C=CCN(CCOc1ccc(C)cc1)CC(C)C(=O)O. The van der Waals surface area contributed by atoms with Crippen molar-refractivity contribution in [2.75, 3.05) is 26.2 Å². The van der Waals surface area contributed by atoms with Crippen molar-refractivity contribution in [3.8, 4) is 5.75 Å². The third kappa shape index (κ3) is 5.89. The van der Waals surface area contributed by atoms with Gasteiger partial charge in [-0.05, 0) is 19.1 Å².